The average Bonchev–Trinajstić information content (AvgIpc) is 3.08. The van der Waals surface area contributed by atoms with E-state index in [0.29, 0.717) is 11.4 Å². The van der Waals surface area contributed by atoms with Crippen LogP contribution in [-0.2, 0) is 17.1 Å². The Hall–Kier alpha value is -2.72. The zero-order chi connectivity index (χ0) is 20.1. The molecule has 3 rings (SSSR count). The monoisotopic (exact) mass is 420 g/mol. The van der Waals surface area contributed by atoms with Crippen LogP contribution in [0.3, 0.4) is 0 Å². The molecule has 10 heteroatoms. The summed E-state index contributed by atoms with van der Waals surface area (Å²) in [6, 6.07) is 7.35. The molecule has 0 saturated heterocycles. The van der Waals surface area contributed by atoms with E-state index in [9.17, 15) is 14.0 Å². The first-order valence-electron chi connectivity index (χ1n) is 8.21. The number of carbonyl (C=O) groups is 1. The van der Waals surface area contributed by atoms with Crippen molar-refractivity contribution in [2.75, 3.05) is 12.4 Å². The van der Waals surface area contributed by atoms with Gasteiger partial charge in [0.25, 0.3) is 0 Å². The molecule has 1 aromatic carbocycles. The molecule has 2 heterocycles. The number of thioether (sulfide) groups is 1. The topological polar surface area (TPSA) is 86.1 Å². The van der Waals surface area contributed by atoms with Crippen LogP contribution in [0.5, 0.6) is 5.75 Å². The van der Waals surface area contributed by atoms with Gasteiger partial charge in [-0.25, -0.2) is 4.39 Å². The lowest BCUT2D eigenvalue weighted by Gasteiger charge is -2.14. The summed E-state index contributed by atoms with van der Waals surface area (Å²) in [5, 5.41) is 11.4. The van der Waals surface area contributed by atoms with Crippen molar-refractivity contribution in [1.82, 2.24) is 14.8 Å². The highest BCUT2D eigenvalue weighted by atomic mass is 32.2. The Morgan fingerprint density at radius 2 is 2.14 bits per heavy atom. The molecule has 0 aliphatic carbocycles. The molecular weight excluding hydrogens is 403 g/mol. The zero-order valence-electron chi connectivity index (χ0n) is 15.1. The average molecular weight is 420 g/mol. The molecule has 0 spiro atoms. The van der Waals surface area contributed by atoms with Crippen molar-refractivity contribution in [2.45, 2.75) is 23.6 Å². The van der Waals surface area contributed by atoms with Gasteiger partial charge in [-0.2, -0.15) is 0 Å². The standard InChI is InChI=1S/C18H17FN4O3S2/c1-11-21-22-18(28-11)27-10-12-7-15(24)16(26-2)8-23(12)9-17(25)20-14-6-4-3-5-13(14)19/h3-8H,9-10H2,1-2H3,(H,20,25). The Labute approximate surface area is 168 Å². The lowest BCUT2D eigenvalue weighted by Crippen LogP contribution is -2.23. The molecule has 146 valence electrons. The van der Waals surface area contributed by atoms with E-state index in [1.54, 1.807) is 16.7 Å². The van der Waals surface area contributed by atoms with Gasteiger partial charge in [0.15, 0.2) is 10.1 Å². The fourth-order valence-corrected chi connectivity index (χ4v) is 4.21. The minimum absolute atomic E-state index is 0.0979. The number of ether oxygens (including phenoxy) is 1. The third kappa shape index (κ3) is 4.96. The maximum Gasteiger partial charge on any atom is 0.244 e. The molecule has 0 aliphatic heterocycles. The largest absolute Gasteiger partial charge is 0.491 e. The van der Waals surface area contributed by atoms with Crippen LogP contribution in [0.4, 0.5) is 10.1 Å². The van der Waals surface area contributed by atoms with Crippen LogP contribution in [0.15, 0.2) is 45.7 Å². The van der Waals surface area contributed by atoms with Gasteiger partial charge in [-0.3, -0.25) is 9.59 Å². The van der Waals surface area contributed by atoms with Crippen molar-refractivity contribution in [1.29, 1.82) is 0 Å². The molecule has 7 nitrogen and oxygen atoms in total. The van der Waals surface area contributed by atoms with Crippen LogP contribution in [-0.4, -0.2) is 27.8 Å². The Balaban J connectivity index is 1.80. The van der Waals surface area contributed by atoms with E-state index < -0.39 is 11.7 Å². The van der Waals surface area contributed by atoms with Crippen molar-refractivity contribution in [3.8, 4) is 5.75 Å². The summed E-state index contributed by atoms with van der Waals surface area (Å²) < 4.78 is 21.2. The molecule has 0 bridgehead atoms. The Morgan fingerprint density at radius 3 is 2.82 bits per heavy atom. The van der Waals surface area contributed by atoms with Crippen LogP contribution in [0.25, 0.3) is 0 Å². The van der Waals surface area contributed by atoms with Crippen molar-refractivity contribution in [2.24, 2.45) is 0 Å². The number of nitrogens with one attached hydrogen (secondary N) is 1. The fraction of sp³-hybridized carbons (Fsp3) is 0.222. The minimum Gasteiger partial charge on any atom is -0.491 e. The number of rotatable bonds is 7. The Bertz CT molecular complexity index is 1050. The predicted molar refractivity (Wildman–Crippen MR) is 106 cm³/mol. The maximum absolute atomic E-state index is 13.8. The molecular formula is C18H17FN4O3S2. The van der Waals surface area contributed by atoms with Gasteiger partial charge in [0.2, 0.25) is 11.3 Å². The first-order valence-corrected chi connectivity index (χ1v) is 10.0. The lowest BCUT2D eigenvalue weighted by molar-refractivity contribution is -0.116. The molecule has 0 unspecified atom stereocenters. The van der Waals surface area contributed by atoms with Gasteiger partial charge in [0.1, 0.15) is 17.4 Å². The number of nitrogens with zero attached hydrogens (tertiary/aromatic N) is 3. The van der Waals surface area contributed by atoms with Crippen LogP contribution in [0.2, 0.25) is 0 Å². The summed E-state index contributed by atoms with van der Waals surface area (Å²) in [6.07, 6.45) is 1.48. The van der Waals surface area contributed by atoms with Crippen molar-refractivity contribution in [3.63, 3.8) is 0 Å². The van der Waals surface area contributed by atoms with Crippen molar-refractivity contribution < 1.29 is 13.9 Å². The predicted octanol–water partition coefficient (Wildman–Crippen LogP) is 3.09. The number of aromatic nitrogens is 3. The SMILES string of the molecule is COc1cn(CC(=O)Nc2ccccc2F)c(CSc2nnc(C)s2)cc1=O. The Kier molecular flexibility index (Phi) is 6.42. The second-order valence-electron chi connectivity index (χ2n) is 5.73. The molecule has 0 fully saturated rings. The second-order valence-corrected chi connectivity index (χ2v) is 8.13. The number of hydrogen-bond acceptors (Lipinski definition) is 7. The number of halogens is 1. The molecule has 0 radical (unpaired) electrons. The number of aryl methyl sites for hydroxylation is 1. The highest BCUT2D eigenvalue weighted by molar-refractivity contribution is 8.00. The van der Waals surface area contributed by atoms with Gasteiger partial charge >= 0.3 is 0 Å². The van der Waals surface area contributed by atoms with E-state index in [4.69, 9.17) is 4.74 Å². The number of methoxy groups -OCH3 is 1. The Morgan fingerprint density at radius 1 is 1.36 bits per heavy atom. The quantitative estimate of drug-likeness (QED) is 0.591. The maximum atomic E-state index is 13.8. The fourth-order valence-electron chi connectivity index (χ4n) is 2.40. The van der Waals surface area contributed by atoms with Crippen LogP contribution in [0.1, 0.15) is 10.7 Å². The third-order valence-electron chi connectivity index (χ3n) is 3.72. The smallest absolute Gasteiger partial charge is 0.244 e. The molecule has 3 aromatic rings. The van der Waals surface area contributed by atoms with Gasteiger partial charge < -0.3 is 14.6 Å². The van der Waals surface area contributed by atoms with Gasteiger partial charge in [-0.05, 0) is 19.1 Å². The molecule has 0 saturated carbocycles. The number of hydrogen-bond donors (Lipinski definition) is 1. The number of carbonyl (C=O) groups excluding carboxylic acids is 1. The minimum atomic E-state index is -0.518. The van der Waals surface area contributed by atoms with E-state index in [1.165, 1.54) is 54.6 Å². The number of pyridine rings is 1. The summed E-state index contributed by atoms with van der Waals surface area (Å²) in [5.74, 6) is -0.398. The van der Waals surface area contributed by atoms with Crippen LogP contribution >= 0.6 is 23.1 Å². The number of amides is 1. The first-order chi connectivity index (χ1) is 13.5. The van der Waals surface area contributed by atoms with E-state index in [1.807, 2.05) is 6.92 Å². The zero-order valence-corrected chi connectivity index (χ0v) is 16.8. The van der Waals surface area contributed by atoms with Crippen molar-refractivity contribution in [3.05, 3.63) is 63.3 Å². The number of benzene rings is 1. The molecule has 28 heavy (non-hydrogen) atoms. The first kappa shape index (κ1) is 20.0. The summed E-state index contributed by atoms with van der Waals surface area (Å²) in [5.41, 5.74) is 0.436. The van der Waals surface area contributed by atoms with E-state index in [-0.39, 0.29) is 23.4 Å². The lowest BCUT2D eigenvalue weighted by atomic mass is 10.3. The van der Waals surface area contributed by atoms with E-state index >= 15 is 0 Å². The van der Waals surface area contributed by atoms with Crippen LogP contribution in [0, 0.1) is 12.7 Å². The normalized spacial score (nSPS) is 10.7. The van der Waals surface area contributed by atoms with Crippen LogP contribution < -0.4 is 15.5 Å². The van der Waals surface area contributed by atoms with Gasteiger partial charge in [0, 0.05) is 17.5 Å². The highest BCUT2D eigenvalue weighted by Crippen LogP contribution is 2.25. The van der Waals surface area contributed by atoms with Gasteiger partial charge in [0.05, 0.1) is 19.0 Å². The van der Waals surface area contributed by atoms with Gasteiger partial charge in [-0.15, -0.1) is 10.2 Å². The number of anilines is 1. The summed E-state index contributed by atoms with van der Waals surface area (Å²) in [4.78, 5) is 24.5. The van der Waals surface area contributed by atoms with Crippen molar-refractivity contribution >= 4 is 34.7 Å². The molecule has 1 amide bonds. The highest BCUT2D eigenvalue weighted by Gasteiger charge is 2.13. The molecule has 1 N–H and O–H groups in total. The molecule has 0 aliphatic rings. The third-order valence-corrected chi connectivity index (χ3v) is 5.72. The summed E-state index contributed by atoms with van der Waals surface area (Å²) in [6.45, 7) is 1.76. The summed E-state index contributed by atoms with van der Waals surface area (Å²) >= 11 is 2.87. The number of para-hydroxylation sites is 1. The van der Waals surface area contributed by atoms with E-state index in [2.05, 4.69) is 15.5 Å². The van der Waals surface area contributed by atoms with Gasteiger partial charge in [-0.1, -0.05) is 35.2 Å². The second kappa shape index (κ2) is 8.98. The summed E-state index contributed by atoms with van der Waals surface area (Å²) in [7, 11) is 1.39. The molecule has 0 atom stereocenters. The van der Waals surface area contributed by atoms with E-state index in [0.717, 1.165) is 9.35 Å². The molecule has 2 aromatic heterocycles.